The van der Waals surface area contributed by atoms with Crippen molar-refractivity contribution in [2.75, 3.05) is 17.2 Å². The number of hydrogen-bond acceptors (Lipinski definition) is 2. The van der Waals surface area contributed by atoms with Gasteiger partial charge in [-0.25, -0.2) is 8.78 Å². The zero-order chi connectivity index (χ0) is 15.4. The van der Waals surface area contributed by atoms with E-state index in [-0.39, 0.29) is 22.0 Å². The Hall–Kier alpha value is -2.14. The van der Waals surface area contributed by atoms with Gasteiger partial charge in [0.2, 0.25) is 0 Å². The minimum Gasteiger partial charge on any atom is -0.382 e. The molecule has 0 bridgehead atoms. The molecule has 0 unspecified atom stereocenters. The van der Waals surface area contributed by atoms with Crippen LogP contribution in [0.5, 0.6) is 0 Å². The normalized spacial score (nSPS) is 10.3. The van der Waals surface area contributed by atoms with Gasteiger partial charge in [0.15, 0.2) is 5.82 Å². The summed E-state index contributed by atoms with van der Waals surface area (Å²) in [6, 6.07) is 8.38. The summed E-state index contributed by atoms with van der Waals surface area (Å²) < 4.78 is 27.5. The first-order chi connectivity index (χ1) is 10.0. The first-order valence-electron chi connectivity index (χ1n) is 6.32. The molecule has 1 amide bonds. The van der Waals surface area contributed by atoms with Gasteiger partial charge in [-0.1, -0.05) is 23.7 Å². The molecule has 0 aromatic heterocycles. The molecule has 0 saturated carbocycles. The van der Waals surface area contributed by atoms with Crippen LogP contribution in [0.1, 0.15) is 17.3 Å². The van der Waals surface area contributed by atoms with Gasteiger partial charge in [0.05, 0.1) is 22.0 Å². The minimum atomic E-state index is -0.728. The molecule has 3 nitrogen and oxygen atoms in total. The standard InChI is InChI=1S/C15H13ClF2N2O/c1-2-19-14-9(5-3-7-11(14)17)15(21)20-12-8-4-6-10(16)13(12)18/h3-8,19H,2H2,1H3,(H,20,21). The summed E-state index contributed by atoms with van der Waals surface area (Å²) in [7, 11) is 0. The first-order valence-corrected chi connectivity index (χ1v) is 6.70. The zero-order valence-electron chi connectivity index (χ0n) is 11.2. The lowest BCUT2D eigenvalue weighted by molar-refractivity contribution is 0.102. The molecule has 2 aromatic rings. The van der Waals surface area contributed by atoms with E-state index in [1.165, 1.54) is 36.4 Å². The molecule has 0 fully saturated rings. The molecule has 6 heteroatoms. The summed E-state index contributed by atoms with van der Waals surface area (Å²) in [5, 5.41) is 5.07. The van der Waals surface area contributed by atoms with E-state index in [0.717, 1.165) is 0 Å². The van der Waals surface area contributed by atoms with Crippen molar-refractivity contribution in [1.29, 1.82) is 0 Å². The van der Waals surface area contributed by atoms with Crippen molar-refractivity contribution < 1.29 is 13.6 Å². The van der Waals surface area contributed by atoms with E-state index in [1.807, 2.05) is 0 Å². The monoisotopic (exact) mass is 310 g/mol. The highest BCUT2D eigenvalue weighted by Crippen LogP contribution is 2.25. The van der Waals surface area contributed by atoms with Gasteiger partial charge in [0.1, 0.15) is 5.82 Å². The summed E-state index contributed by atoms with van der Waals surface area (Å²) in [6.45, 7) is 2.23. The number of anilines is 2. The van der Waals surface area contributed by atoms with Crippen molar-refractivity contribution in [3.05, 3.63) is 58.6 Å². The maximum atomic E-state index is 13.8. The van der Waals surface area contributed by atoms with Gasteiger partial charge >= 0.3 is 0 Å². The lowest BCUT2D eigenvalue weighted by atomic mass is 10.1. The van der Waals surface area contributed by atoms with Crippen LogP contribution in [0.2, 0.25) is 5.02 Å². The van der Waals surface area contributed by atoms with Crippen LogP contribution in [0.15, 0.2) is 36.4 Å². The molecule has 0 spiro atoms. The summed E-state index contributed by atoms with van der Waals surface area (Å²) in [4.78, 5) is 12.2. The number of amides is 1. The van der Waals surface area contributed by atoms with E-state index >= 15 is 0 Å². The number of para-hydroxylation sites is 1. The Morgan fingerprint density at radius 2 is 1.90 bits per heavy atom. The fourth-order valence-electron chi connectivity index (χ4n) is 1.86. The average molecular weight is 311 g/mol. The lowest BCUT2D eigenvalue weighted by Gasteiger charge is -2.12. The zero-order valence-corrected chi connectivity index (χ0v) is 12.0. The fourth-order valence-corrected chi connectivity index (χ4v) is 2.03. The number of halogens is 3. The summed E-state index contributed by atoms with van der Waals surface area (Å²) in [6.07, 6.45) is 0. The number of carbonyl (C=O) groups excluding carboxylic acids is 1. The molecule has 2 aromatic carbocycles. The molecule has 0 aliphatic rings. The summed E-state index contributed by atoms with van der Waals surface area (Å²) >= 11 is 5.65. The first kappa shape index (κ1) is 15.3. The van der Waals surface area contributed by atoms with Gasteiger partial charge in [0.25, 0.3) is 5.91 Å². The highest BCUT2D eigenvalue weighted by atomic mass is 35.5. The van der Waals surface area contributed by atoms with Crippen LogP contribution >= 0.6 is 11.6 Å². The van der Waals surface area contributed by atoms with Gasteiger partial charge in [-0.05, 0) is 31.2 Å². The molecular weight excluding hydrogens is 298 g/mol. The predicted octanol–water partition coefficient (Wildman–Crippen LogP) is 4.30. The summed E-state index contributed by atoms with van der Waals surface area (Å²) in [5.74, 6) is -1.89. The second-order valence-corrected chi connectivity index (χ2v) is 4.66. The second-order valence-electron chi connectivity index (χ2n) is 4.25. The molecule has 2 rings (SSSR count). The van der Waals surface area contributed by atoms with Crippen molar-refractivity contribution in [2.24, 2.45) is 0 Å². The fraction of sp³-hybridized carbons (Fsp3) is 0.133. The van der Waals surface area contributed by atoms with Crippen LogP contribution in [0, 0.1) is 11.6 Å². The van der Waals surface area contributed by atoms with Crippen LogP contribution < -0.4 is 10.6 Å². The van der Waals surface area contributed by atoms with E-state index in [9.17, 15) is 13.6 Å². The molecule has 0 heterocycles. The van der Waals surface area contributed by atoms with Gasteiger partial charge in [0, 0.05) is 6.54 Å². The van der Waals surface area contributed by atoms with E-state index < -0.39 is 17.5 Å². The van der Waals surface area contributed by atoms with Gasteiger partial charge in [-0.15, -0.1) is 0 Å². The van der Waals surface area contributed by atoms with Crippen LogP contribution in [0.25, 0.3) is 0 Å². The molecule has 21 heavy (non-hydrogen) atoms. The summed E-state index contributed by atoms with van der Waals surface area (Å²) in [5.41, 5.74) is 0.121. The maximum absolute atomic E-state index is 13.8. The van der Waals surface area contributed by atoms with Crippen LogP contribution in [0.4, 0.5) is 20.2 Å². The SMILES string of the molecule is CCNc1c(F)cccc1C(=O)Nc1cccc(Cl)c1F. The highest BCUT2D eigenvalue weighted by Gasteiger charge is 2.16. The van der Waals surface area contributed by atoms with Crippen molar-refractivity contribution in [2.45, 2.75) is 6.92 Å². The second kappa shape index (κ2) is 6.54. The van der Waals surface area contributed by atoms with Crippen molar-refractivity contribution in [3.8, 4) is 0 Å². The molecule has 110 valence electrons. The molecule has 0 aliphatic heterocycles. The average Bonchev–Trinajstić information content (AvgIpc) is 2.46. The smallest absolute Gasteiger partial charge is 0.257 e. The van der Waals surface area contributed by atoms with Crippen LogP contribution in [0.3, 0.4) is 0 Å². The van der Waals surface area contributed by atoms with Crippen molar-refractivity contribution >= 4 is 28.9 Å². The van der Waals surface area contributed by atoms with Gasteiger partial charge in [-0.3, -0.25) is 4.79 Å². The Morgan fingerprint density at radius 3 is 2.62 bits per heavy atom. The lowest BCUT2D eigenvalue weighted by Crippen LogP contribution is -2.16. The predicted molar refractivity (Wildman–Crippen MR) is 79.9 cm³/mol. The molecule has 0 atom stereocenters. The third kappa shape index (κ3) is 3.31. The van der Waals surface area contributed by atoms with Crippen molar-refractivity contribution in [1.82, 2.24) is 0 Å². The quantitative estimate of drug-likeness (QED) is 0.884. The molecular formula is C15H13ClF2N2O. The molecule has 0 saturated heterocycles. The van der Waals surface area contributed by atoms with Crippen LogP contribution in [-0.4, -0.2) is 12.5 Å². The van der Waals surface area contributed by atoms with Gasteiger partial charge < -0.3 is 10.6 Å². The molecule has 2 N–H and O–H groups in total. The Labute approximate surface area is 125 Å². The minimum absolute atomic E-state index is 0.0563. The highest BCUT2D eigenvalue weighted by molar-refractivity contribution is 6.31. The van der Waals surface area contributed by atoms with Crippen molar-refractivity contribution in [3.63, 3.8) is 0 Å². The number of nitrogens with one attached hydrogen (secondary N) is 2. The van der Waals surface area contributed by atoms with E-state index in [0.29, 0.717) is 6.54 Å². The van der Waals surface area contributed by atoms with Gasteiger partial charge in [-0.2, -0.15) is 0 Å². The number of hydrogen-bond donors (Lipinski definition) is 2. The number of carbonyl (C=O) groups is 1. The Kier molecular flexibility index (Phi) is 4.75. The molecule has 0 radical (unpaired) electrons. The van der Waals surface area contributed by atoms with E-state index in [4.69, 9.17) is 11.6 Å². The largest absolute Gasteiger partial charge is 0.382 e. The third-order valence-electron chi connectivity index (χ3n) is 2.81. The van der Waals surface area contributed by atoms with Crippen LogP contribution in [-0.2, 0) is 0 Å². The topological polar surface area (TPSA) is 41.1 Å². The Bertz CT molecular complexity index is 677. The number of benzene rings is 2. The Balaban J connectivity index is 2.33. The van der Waals surface area contributed by atoms with E-state index in [2.05, 4.69) is 10.6 Å². The Morgan fingerprint density at radius 1 is 1.19 bits per heavy atom. The number of rotatable bonds is 4. The third-order valence-corrected chi connectivity index (χ3v) is 3.10. The molecule has 0 aliphatic carbocycles. The van der Waals surface area contributed by atoms with E-state index in [1.54, 1.807) is 6.92 Å². The maximum Gasteiger partial charge on any atom is 0.257 e.